The van der Waals surface area contributed by atoms with Crippen LogP contribution in [0.3, 0.4) is 0 Å². The van der Waals surface area contributed by atoms with Crippen LogP contribution in [0, 0.1) is 11.6 Å². The van der Waals surface area contributed by atoms with E-state index in [9.17, 15) is 13.6 Å². The first kappa shape index (κ1) is 11.4. The van der Waals surface area contributed by atoms with Crippen molar-refractivity contribution in [2.75, 3.05) is 13.9 Å². The molecule has 1 aromatic rings. The number of carbonyl (C=O) groups is 1. The van der Waals surface area contributed by atoms with Crippen LogP contribution in [0.2, 0.25) is 0 Å². The van der Waals surface area contributed by atoms with Crippen molar-refractivity contribution >= 4 is 5.97 Å². The van der Waals surface area contributed by atoms with Crippen molar-refractivity contribution in [3.8, 4) is 5.75 Å². The molecule has 0 spiro atoms. The van der Waals surface area contributed by atoms with Gasteiger partial charge in [-0.25, -0.2) is 13.6 Å². The number of rotatable bonds is 4. The summed E-state index contributed by atoms with van der Waals surface area (Å²) in [6, 6.07) is 1.26. The van der Waals surface area contributed by atoms with Gasteiger partial charge >= 0.3 is 5.97 Å². The summed E-state index contributed by atoms with van der Waals surface area (Å²) in [5.41, 5.74) is -0.714. The molecule has 4 nitrogen and oxygen atoms in total. The van der Waals surface area contributed by atoms with Crippen LogP contribution in [0.25, 0.3) is 0 Å². The van der Waals surface area contributed by atoms with Gasteiger partial charge in [0.25, 0.3) is 0 Å². The fourth-order valence-electron chi connectivity index (χ4n) is 0.994. The lowest BCUT2D eigenvalue weighted by atomic mass is 10.2. The molecule has 0 radical (unpaired) electrons. The minimum atomic E-state index is -1.53. The van der Waals surface area contributed by atoms with Gasteiger partial charge in [-0.2, -0.15) is 0 Å². The summed E-state index contributed by atoms with van der Waals surface area (Å²) < 4.78 is 35.0. The number of benzene rings is 1. The highest BCUT2D eigenvalue weighted by atomic mass is 19.1. The molecule has 15 heavy (non-hydrogen) atoms. The van der Waals surface area contributed by atoms with E-state index in [0.717, 1.165) is 6.07 Å². The molecule has 0 amide bonds. The molecule has 82 valence electrons. The minimum Gasteiger partial charge on any atom is -0.477 e. The summed E-state index contributed by atoms with van der Waals surface area (Å²) in [5.74, 6) is -4.03. The summed E-state index contributed by atoms with van der Waals surface area (Å²) in [6.45, 7) is -0.289. The number of hydrogen-bond donors (Lipinski definition) is 1. The Labute approximate surface area is 84.0 Å². The molecule has 0 fully saturated rings. The summed E-state index contributed by atoms with van der Waals surface area (Å²) in [4.78, 5) is 10.6. The Morgan fingerprint density at radius 1 is 1.47 bits per heavy atom. The second kappa shape index (κ2) is 4.70. The Bertz CT molecular complexity index is 379. The van der Waals surface area contributed by atoms with Crippen LogP contribution in [0.4, 0.5) is 8.78 Å². The zero-order valence-electron chi connectivity index (χ0n) is 7.79. The number of carboxylic acid groups (broad SMARTS) is 1. The Kier molecular flexibility index (Phi) is 3.56. The number of methoxy groups -OCH3 is 1. The molecule has 0 aliphatic carbocycles. The van der Waals surface area contributed by atoms with E-state index >= 15 is 0 Å². The maximum absolute atomic E-state index is 13.0. The van der Waals surface area contributed by atoms with E-state index in [0.29, 0.717) is 6.07 Å². The van der Waals surface area contributed by atoms with Crippen molar-refractivity contribution < 1.29 is 28.2 Å². The zero-order valence-corrected chi connectivity index (χ0v) is 7.79. The van der Waals surface area contributed by atoms with Crippen LogP contribution in [-0.4, -0.2) is 25.0 Å². The number of ether oxygens (including phenoxy) is 2. The first-order valence-corrected chi connectivity index (χ1v) is 3.90. The highest BCUT2D eigenvalue weighted by molar-refractivity contribution is 5.91. The van der Waals surface area contributed by atoms with Crippen LogP contribution < -0.4 is 4.74 Å². The highest BCUT2D eigenvalue weighted by Gasteiger charge is 2.18. The zero-order chi connectivity index (χ0) is 11.4. The maximum Gasteiger partial charge on any atom is 0.342 e. The fourth-order valence-corrected chi connectivity index (χ4v) is 0.994. The molecule has 1 N–H and O–H groups in total. The van der Waals surface area contributed by atoms with Gasteiger partial charge in [0.1, 0.15) is 22.9 Å². The van der Waals surface area contributed by atoms with E-state index in [-0.39, 0.29) is 6.79 Å². The lowest BCUT2D eigenvalue weighted by molar-refractivity contribution is 0.0477. The van der Waals surface area contributed by atoms with E-state index in [1.54, 1.807) is 0 Å². The third-order valence-corrected chi connectivity index (χ3v) is 1.56. The van der Waals surface area contributed by atoms with Crippen LogP contribution in [0.1, 0.15) is 10.4 Å². The van der Waals surface area contributed by atoms with E-state index in [2.05, 4.69) is 4.74 Å². The van der Waals surface area contributed by atoms with Gasteiger partial charge in [0.05, 0.1) is 0 Å². The van der Waals surface area contributed by atoms with E-state index < -0.39 is 28.9 Å². The third kappa shape index (κ3) is 2.63. The van der Waals surface area contributed by atoms with E-state index in [1.165, 1.54) is 7.11 Å². The largest absolute Gasteiger partial charge is 0.477 e. The van der Waals surface area contributed by atoms with Crippen LogP contribution in [-0.2, 0) is 4.74 Å². The monoisotopic (exact) mass is 218 g/mol. The van der Waals surface area contributed by atoms with Gasteiger partial charge in [0, 0.05) is 19.2 Å². The van der Waals surface area contributed by atoms with Gasteiger partial charge < -0.3 is 14.6 Å². The average Bonchev–Trinajstić information content (AvgIpc) is 2.12. The number of hydrogen-bond acceptors (Lipinski definition) is 3. The molecular formula is C9H8F2O4. The van der Waals surface area contributed by atoms with Crippen molar-refractivity contribution in [3.05, 3.63) is 29.3 Å². The highest BCUT2D eigenvalue weighted by Crippen LogP contribution is 2.23. The van der Waals surface area contributed by atoms with Crippen LogP contribution in [0.5, 0.6) is 5.75 Å². The predicted octanol–water partition coefficient (Wildman–Crippen LogP) is 1.65. The van der Waals surface area contributed by atoms with Gasteiger partial charge in [-0.15, -0.1) is 0 Å². The number of aromatic carboxylic acids is 1. The molecule has 0 aliphatic rings. The first-order chi connectivity index (χ1) is 7.06. The Hall–Kier alpha value is -1.69. The van der Waals surface area contributed by atoms with Crippen molar-refractivity contribution in [2.45, 2.75) is 0 Å². The summed E-state index contributed by atoms with van der Waals surface area (Å²) in [6.07, 6.45) is 0. The van der Waals surface area contributed by atoms with Crippen molar-refractivity contribution in [3.63, 3.8) is 0 Å². The molecule has 0 aliphatic heterocycles. The van der Waals surface area contributed by atoms with Crippen LogP contribution >= 0.6 is 0 Å². The van der Waals surface area contributed by atoms with Gasteiger partial charge in [-0.05, 0) is 0 Å². The molecule has 1 aromatic carbocycles. The minimum absolute atomic E-state index is 0.289. The SMILES string of the molecule is COCOc1cc(F)cc(F)c1C(=O)O. The van der Waals surface area contributed by atoms with Gasteiger partial charge in [0.15, 0.2) is 6.79 Å². The molecule has 0 saturated heterocycles. The maximum atomic E-state index is 13.0. The molecule has 6 heteroatoms. The topological polar surface area (TPSA) is 55.8 Å². The van der Waals surface area contributed by atoms with Gasteiger partial charge in [-0.3, -0.25) is 0 Å². The molecule has 0 aromatic heterocycles. The third-order valence-electron chi connectivity index (χ3n) is 1.56. The summed E-state index contributed by atoms with van der Waals surface area (Å²) in [5, 5.41) is 8.65. The molecule has 0 saturated carbocycles. The Morgan fingerprint density at radius 3 is 2.67 bits per heavy atom. The van der Waals surface area contributed by atoms with Gasteiger partial charge in [-0.1, -0.05) is 0 Å². The normalized spacial score (nSPS) is 10.1. The standard InChI is InChI=1S/C9H8F2O4/c1-14-4-15-7-3-5(10)2-6(11)8(7)9(12)13/h2-3H,4H2,1H3,(H,12,13). The van der Waals surface area contributed by atoms with Gasteiger partial charge in [0.2, 0.25) is 0 Å². The van der Waals surface area contributed by atoms with Crippen molar-refractivity contribution in [1.82, 2.24) is 0 Å². The molecule has 0 bridgehead atoms. The van der Waals surface area contributed by atoms with E-state index in [4.69, 9.17) is 9.84 Å². The molecule has 1 rings (SSSR count). The predicted molar refractivity (Wildman–Crippen MR) is 45.8 cm³/mol. The van der Waals surface area contributed by atoms with Crippen molar-refractivity contribution in [1.29, 1.82) is 0 Å². The molecular weight excluding hydrogens is 210 g/mol. The molecule has 0 atom stereocenters. The second-order valence-electron chi connectivity index (χ2n) is 2.62. The number of halogens is 2. The second-order valence-corrected chi connectivity index (χ2v) is 2.62. The quantitative estimate of drug-likeness (QED) is 0.780. The number of carboxylic acids is 1. The van der Waals surface area contributed by atoms with E-state index in [1.807, 2.05) is 0 Å². The Morgan fingerprint density at radius 2 is 2.13 bits per heavy atom. The average molecular weight is 218 g/mol. The lowest BCUT2D eigenvalue weighted by Crippen LogP contribution is -2.08. The first-order valence-electron chi connectivity index (χ1n) is 3.90. The van der Waals surface area contributed by atoms with Crippen LogP contribution in [0.15, 0.2) is 12.1 Å². The lowest BCUT2D eigenvalue weighted by Gasteiger charge is -2.08. The molecule has 0 heterocycles. The summed E-state index contributed by atoms with van der Waals surface area (Å²) in [7, 11) is 1.30. The summed E-state index contributed by atoms with van der Waals surface area (Å²) >= 11 is 0. The van der Waals surface area contributed by atoms with Crippen molar-refractivity contribution in [2.24, 2.45) is 0 Å². The Balaban J connectivity index is 3.14. The fraction of sp³-hybridized carbons (Fsp3) is 0.222. The smallest absolute Gasteiger partial charge is 0.342 e. The molecule has 0 unspecified atom stereocenters.